The van der Waals surface area contributed by atoms with Gasteiger partial charge in [-0.1, -0.05) is 17.4 Å². The Balaban J connectivity index is 1.47. The molecule has 0 saturated carbocycles. The van der Waals surface area contributed by atoms with Gasteiger partial charge in [0.2, 0.25) is 5.01 Å². The van der Waals surface area contributed by atoms with Gasteiger partial charge in [0.15, 0.2) is 0 Å². The van der Waals surface area contributed by atoms with Crippen LogP contribution in [0.2, 0.25) is 0 Å². The average Bonchev–Trinajstić information content (AvgIpc) is 3.44. The fourth-order valence-corrected chi connectivity index (χ4v) is 4.39. The highest BCUT2D eigenvalue weighted by atomic mass is 32.1. The first-order valence-electron chi connectivity index (χ1n) is 9.99. The zero-order valence-corrected chi connectivity index (χ0v) is 17.7. The lowest BCUT2D eigenvalue weighted by Crippen LogP contribution is -2.30. The number of nitrogens with one attached hydrogen (secondary N) is 1. The molecule has 31 heavy (non-hydrogen) atoms. The lowest BCUT2D eigenvalue weighted by atomic mass is 10.1. The summed E-state index contributed by atoms with van der Waals surface area (Å²) in [5.41, 5.74) is 0.916. The molecule has 1 N–H and O–H groups in total. The van der Waals surface area contributed by atoms with Gasteiger partial charge in [-0.05, 0) is 62.2 Å². The fourth-order valence-electron chi connectivity index (χ4n) is 3.50. The summed E-state index contributed by atoms with van der Waals surface area (Å²) >= 11 is 1.15. The molecule has 160 valence electrons. The Morgan fingerprint density at radius 1 is 1.23 bits per heavy atom. The zero-order valence-electron chi connectivity index (χ0n) is 16.9. The first kappa shape index (κ1) is 20.9. The third kappa shape index (κ3) is 4.72. The Labute approximate surface area is 182 Å². The fraction of sp³-hybridized carbons (Fsp3) is 0.273. The van der Waals surface area contributed by atoms with E-state index in [1.54, 1.807) is 35.2 Å². The summed E-state index contributed by atoms with van der Waals surface area (Å²) in [6, 6.07) is 12.5. The molecule has 0 bridgehead atoms. The summed E-state index contributed by atoms with van der Waals surface area (Å²) in [6.07, 6.45) is 1.60. The molecule has 0 aliphatic carbocycles. The number of carbonyl (C=O) groups is 2. The molecule has 1 aliphatic heterocycles. The summed E-state index contributed by atoms with van der Waals surface area (Å²) in [5.74, 6) is -0.275. The van der Waals surface area contributed by atoms with Crippen molar-refractivity contribution in [2.24, 2.45) is 0 Å². The highest BCUT2D eigenvalue weighted by molar-refractivity contribution is 7.13. The van der Waals surface area contributed by atoms with Crippen LogP contribution in [-0.2, 0) is 0 Å². The summed E-state index contributed by atoms with van der Waals surface area (Å²) in [5, 5.41) is 11.5. The average molecular weight is 441 g/mol. The maximum atomic E-state index is 13.3. The van der Waals surface area contributed by atoms with Crippen molar-refractivity contribution in [3.63, 3.8) is 0 Å². The van der Waals surface area contributed by atoms with Crippen LogP contribution in [0.25, 0.3) is 0 Å². The number of ether oxygens (including phenoxy) is 1. The highest BCUT2D eigenvalue weighted by Gasteiger charge is 2.33. The molecule has 1 atom stereocenters. The molecule has 2 aromatic carbocycles. The van der Waals surface area contributed by atoms with Crippen LogP contribution in [0.5, 0.6) is 5.75 Å². The van der Waals surface area contributed by atoms with Crippen LogP contribution < -0.4 is 10.1 Å². The van der Waals surface area contributed by atoms with Crippen LogP contribution >= 0.6 is 11.3 Å². The van der Waals surface area contributed by atoms with Gasteiger partial charge in [0.05, 0.1) is 12.6 Å². The van der Waals surface area contributed by atoms with Crippen molar-refractivity contribution in [3.8, 4) is 5.75 Å². The van der Waals surface area contributed by atoms with Gasteiger partial charge in [-0.15, -0.1) is 10.2 Å². The number of carbonyl (C=O) groups excluding carboxylic acids is 2. The maximum absolute atomic E-state index is 13.3. The number of nitrogens with zero attached hydrogens (tertiary/aromatic N) is 3. The van der Waals surface area contributed by atoms with Gasteiger partial charge in [-0.2, -0.15) is 0 Å². The maximum Gasteiger partial charge on any atom is 0.286 e. The van der Waals surface area contributed by atoms with Gasteiger partial charge in [0.25, 0.3) is 11.8 Å². The second-order valence-electron chi connectivity index (χ2n) is 7.02. The molecule has 2 heterocycles. The first-order valence-corrected chi connectivity index (χ1v) is 10.8. The Morgan fingerprint density at radius 2 is 2.03 bits per heavy atom. The van der Waals surface area contributed by atoms with E-state index in [9.17, 15) is 14.0 Å². The van der Waals surface area contributed by atoms with Gasteiger partial charge in [-0.3, -0.25) is 9.59 Å². The van der Waals surface area contributed by atoms with Crippen molar-refractivity contribution < 1.29 is 18.7 Å². The number of halogens is 1. The molecule has 0 spiro atoms. The van der Waals surface area contributed by atoms with Crippen molar-refractivity contribution in [1.29, 1.82) is 0 Å². The molecule has 1 aromatic heterocycles. The van der Waals surface area contributed by atoms with Crippen molar-refractivity contribution in [2.75, 3.05) is 18.5 Å². The summed E-state index contributed by atoms with van der Waals surface area (Å²) < 4.78 is 18.8. The number of amides is 2. The van der Waals surface area contributed by atoms with E-state index < -0.39 is 11.7 Å². The highest BCUT2D eigenvalue weighted by Crippen LogP contribution is 2.35. The molecular formula is C22H21FN4O3S. The Bertz CT molecular complexity index is 1090. The second kappa shape index (κ2) is 9.22. The molecule has 1 fully saturated rings. The van der Waals surface area contributed by atoms with E-state index in [4.69, 9.17) is 4.74 Å². The molecule has 4 rings (SSSR count). The SMILES string of the molecule is CCOc1ccc(C(=O)N2CCCC2c2nnc(C(=O)Nc3cccc(F)c3)s2)cc1. The Kier molecular flexibility index (Phi) is 6.22. The lowest BCUT2D eigenvalue weighted by Gasteiger charge is -2.22. The van der Waals surface area contributed by atoms with E-state index in [-0.39, 0.29) is 17.0 Å². The molecule has 1 saturated heterocycles. The van der Waals surface area contributed by atoms with Gasteiger partial charge in [0.1, 0.15) is 16.6 Å². The van der Waals surface area contributed by atoms with Crippen molar-refractivity contribution in [1.82, 2.24) is 15.1 Å². The molecule has 0 radical (unpaired) electrons. The number of hydrogen-bond donors (Lipinski definition) is 1. The number of rotatable bonds is 6. The first-order chi connectivity index (χ1) is 15.0. The van der Waals surface area contributed by atoms with E-state index in [1.807, 2.05) is 6.92 Å². The number of aromatic nitrogens is 2. The summed E-state index contributed by atoms with van der Waals surface area (Å²) in [4.78, 5) is 27.3. The summed E-state index contributed by atoms with van der Waals surface area (Å²) in [6.45, 7) is 3.08. The number of likely N-dealkylation sites (tertiary alicyclic amines) is 1. The molecule has 9 heteroatoms. The second-order valence-corrected chi connectivity index (χ2v) is 8.03. The van der Waals surface area contributed by atoms with Crippen molar-refractivity contribution in [2.45, 2.75) is 25.8 Å². The van der Waals surface area contributed by atoms with Gasteiger partial charge >= 0.3 is 0 Å². The van der Waals surface area contributed by atoms with Crippen LogP contribution in [-0.4, -0.2) is 40.1 Å². The number of hydrogen-bond acceptors (Lipinski definition) is 6. The zero-order chi connectivity index (χ0) is 21.8. The van der Waals surface area contributed by atoms with Crippen LogP contribution in [0.3, 0.4) is 0 Å². The van der Waals surface area contributed by atoms with Crippen LogP contribution in [0.15, 0.2) is 48.5 Å². The van der Waals surface area contributed by atoms with E-state index in [1.165, 1.54) is 18.2 Å². The molecule has 1 aliphatic rings. The van der Waals surface area contributed by atoms with Crippen LogP contribution in [0.4, 0.5) is 10.1 Å². The normalized spacial score (nSPS) is 15.7. The van der Waals surface area contributed by atoms with Crippen molar-refractivity contribution >= 4 is 28.8 Å². The minimum absolute atomic E-state index is 0.0912. The Hall–Kier alpha value is -3.33. The third-order valence-corrected chi connectivity index (χ3v) is 5.95. The molecule has 2 amide bonds. The predicted molar refractivity (Wildman–Crippen MR) is 115 cm³/mol. The van der Waals surface area contributed by atoms with Crippen molar-refractivity contribution in [3.05, 3.63) is 69.9 Å². The van der Waals surface area contributed by atoms with E-state index in [0.717, 1.165) is 29.9 Å². The smallest absolute Gasteiger partial charge is 0.286 e. The molecular weight excluding hydrogens is 419 g/mol. The van der Waals surface area contributed by atoms with Gasteiger partial charge in [-0.25, -0.2) is 4.39 Å². The quantitative estimate of drug-likeness (QED) is 0.618. The monoisotopic (exact) mass is 440 g/mol. The molecule has 1 unspecified atom stereocenters. The van der Waals surface area contributed by atoms with Crippen LogP contribution in [0, 0.1) is 5.82 Å². The third-order valence-electron chi connectivity index (χ3n) is 4.93. The predicted octanol–water partition coefficient (Wildman–Crippen LogP) is 4.31. The molecule has 3 aromatic rings. The van der Waals surface area contributed by atoms with Gasteiger partial charge < -0.3 is 15.0 Å². The Morgan fingerprint density at radius 3 is 2.77 bits per heavy atom. The summed E-state index contributed by atoms with van der Waals surface area (Å²) in [7, 11) is 0. The van der Waals surface area contributed by atoms with Gasteiger partial charge in [0, 0.05) is 17.8 Å². The largest absolute Gasteiger partial charge is 0.494 e. The van der Waals surface area contributed by atoms with E-state index in [0.29, 0.717) is 29.4 Å². The number of benzene rings is 2. The number of anilines is 1. The topological polar surface area (TPSA) is 84.4 Å². The molecule has 7 nitrogen and oxygen atoms in total. The minimum atomic E-state index is -0.461. The lowest BCUT2D eigenvalue weighted by molar-refractivity contribution is 0.0735. The minimum Gasteiger partial charge on any atom is -0.494 e. The standard InChI is InChI=1S/C22H21FN4O3S/c1-2-30-17-10-8-14(9-11-17)22(29)27-12-4-7-18(27)20-25-26-21(31-20)19(28)24-16-6-3-5-15(23)13-16/h3,5-6,8-11,13,18H,2,4,7,12H2,1H3,(H,24,28). The van der Waals surface area contributed by atoms with E-state index in [2.05, 4.69) is 15.5 Å². The van der Waals surface area contributed by atoms with E-state index >= 15 is 0 Å². The van der Waals surface area contributed by atoms with Crippen LogP contribution in [0.1, 0.15) is 51.0 Å².